The minimum atomic E-state index is 0.158. The van der Waals surface area contributed by atoms with Crippen molar-refractivity contribution in [3.63, 3.8) is 0 Å². The molecule has 2 N–H and O–H groups in total. The number of aliphatic hydroxyl groups excluding tert-OH is 1. The summed E-state index contributed by atoms with van der Waals surface area (Å²) < 4.78 is 5.77. The lowest BCUT2D eigenvalue weighted by atomic mass is 10.0. The number of ether oxygens (including phenoxy) is 1. The maximum absolute atomic E-state index is 8.99. The van der Waals surface area contributed by atoms with E-state index in [1.807, 2.05) is 32.2 Å². The first-order valence-electron chi connectivity index (χ1n) is 6.22. The minimum absolute atomic E-state index is 0.158. The molecule has 1 aromatic rings. The molecule has 0 heterocycles. The van der Waals surface area contributed by atoms with E-state index in [4.69, 9.17) is 9.84 Å². The zero-order valence-electron chi connectivity index (χ0n) is 10.9. The van der Waals surface area contributed by atoms with Gasteiger partial charge in [0.25, 0.3) is 0 Å². The third kappa shape index (κ3) is 4.02. The summed E-state index contributed by atoms with van der Waals surface area (Å²) in [6.07, 6.45) is 1.02. The number of nitrogens with one attached hydrogen (secondary N) is 1. The Hall–Kier alpha value is -1.06. The van der Waals surface area contributed by atoms with Crippen molar-refractivity contribution in [3.05, 3.63) is 29.8 Å². The van der Waals surface area contributed by atoms with Crippen molar-refractivity contribution in [2.24, 2.45) is 5.92 Å². The molecule has 17 heavy (non-hydrogen) atoms. The summed E-state index contributed by atoms with van der Waals surface area (Å²) in [5.41, 5.74) is 1.18. The summed E-state index contributed by atoms with van der Waals surface area (Å²) in [6.45, 7) is 4.82. The first-order chi connectivity index (χ1) is 8.22. The zero-order valence-corrected chi connectivity index (χ0v) is 10.9. The number of hydrogen-bond donors (Lipinski definition) is 2. The zero-order chi connectivity index (χ0) is 12.7. The Labute approximate surface area is 104 Å². The molecule has 0 aliphatic heterocycles. The average molecular weight is 237 g/mol. The van der Waals surface area contributed by atoms with Crippen LogP contribution in [0.4, 0.5) is 0 Å². The third-order valence-corrected chi connectivity index (χ3v) is 2.89. The summed E-state index contributed by atoms with van der Waals surface area (Å²) in [5, 5.41) is 12.3. The second-order valence-corrected chi connectivity index (χ2v) is 4.39. The van der Waals surface area contributed by atoms with Gasteiger partial charge in [-0.15, -0.1) is 0 Å². The Balaban J connectivity index is 2.76. The van der Waals surface area contributed by atoms with Crippen LogP contribution in [0.5, 0.6) is 5.75 Å². The van der Waals surface area contributed by atoms with Crippen LogP contribution in [-0.2, 0) is 0 Å². The Morgan fingerprint density at radius 1 is 1.35 bits per heavy atom. The van der Waals surface area contributed by atoms with Crippen molar-refractivity contribution in [1.29, 1.82) is 0 Å². The molecule has 1 rings (SSSR count). The summed E-state index contributed by atoms with van der Waals surface area (Å²) in [7, 11) is 1.96. The van der Waals surface area contributed by atoms with Gasteiger partial charge in [-0.25, -0.2) is 0 Å². The fourth-order valence-electron chi connectivity index (χ4n) is 1.76. The first kappa shape index (κ1) is 14.0. The van der Waals surface area contributed by atoms with Gasteiger partial charge in [0, 0.05) is 24.1 Å². The highest BCUT2D eigenvalue weighted by molar-refractivity contribution is 5.35. The van der Waals surface area contributed by atoms with Crippen LogP contribution in [0.3, 0.4) is 0 Å². The van der Waals surface area contributed by atoms with Gasteiger partial charge in [-0.3, -0.25) is 0 Å². The summed E-state index contributed by atoms with van der Waals surface area (Å²) in [4.78, 5) is 0. The monoisotopic (exact) mass is 237 g/mol. The van der Waals surface area contributed by atoms with Crippen LogP contribution in [0.1, 0.15) is 31.9 Å². The van der Waals surface area contributed by atoms with E-state index >= 15 is 0 Å². The van der Waals surface area contributed by atoms with Crippen LogP contribution in [0.25, 0.3) is 0 Å². The van der Waals surface area contributed by atoms with Crippen LogP contribution >= 0.6 is 0 Å². The molecule has 0 spiro atoms. The minimum Gasteiger partial charge on any atom is -0.493 e. The average Bonchev–Trinajstić information content (AvgIpc) is 2.38. The predicted octanol–water partition coefficient (Wildman–Crippen LogP) is 2.36. The Morgan fingerprint density at radius 2 is 2.06 bits per heavy atom. The molecule has 0 saturated carbocycles. The van der Waals surface area contributed by atoms with E-state index in [-0.39, 0.29) is 12.5 Å². The van der Waals surface area contributed by atoms with E-state index in [0.717, 1.165) is 12.2 Å². The lowest BCUT2D eigenvalue weighted by molar-refractivity contribution is 0.173. The highest BCUT2D eigenvalue weighted by Crippen LogP contribution is 2.27. The maximum atomic E-state index is 8.99. The molecule has 0 radical (unpaired) electrons. The molecule has 0 bridgehead atoms. The molecule has 2 atom stereocenters. The molecule has 3 nitrogen and oxygen atoms in total. The number of benzene rings is 1. The second-order valence-electron chi connectivity index (χ2n) is 4.39. The standard InChI is InChI=1S/C14H23NO2/c1-4-13(15-3)12-7-5-6-8-14(12)17-10-11(2)9-16/h5-8,11,13,15-16H,4,9-10H2,1-3H3. The topological polar surface area (TPSA) is 41.5 Å². The van der Waals surface area contributed by atoms with Crippen molar-refractivity contribution in [2.45, 2.75) is 26.3 Å². The second kappa shape index (κ2) is 7.30. The van der Waals surface area contributed by atoms with Crippen LogP contribution < -0.4 is 10.1 Å². The molecule has 1 aromatic carbocycles. The van der Waals surface area contributed by atoms with E-state index in [2.05, 4.69) is 18.3 Å². The first-order valence-corrected chi connectivity index (χ1v) is 6.22. The molecular weight excluding hydrogens is 214 g/mol. The van der Waals surface area contributed by atoms with Gasteiger partial charge in [-0.1, -0.05) is 32.0 Å². The fraction of sp³-hybridized carbons (Fsp3) is 0.571. The van der Waals surface area contributed by atoms with Crippen molar-refractivity contribution in [2.75, 3.05) is 20.3 Å². The highest BCUT2D eigenvalue weighted by Gasteiger charge is 2.12. The van der Waals surface area contributed by atoms with E-state index in [1.54, 1.807) is 0 Å². The van der Waals surface area contributed by atoms with Crippen LogP contribution in [0.2, 0.25) is 0 Å². The number of rotatable bonds is 7. The van der Waals surface area contributed by atoms with Gasteiger partial charge in [0.1, 0.15) is 5.75 Å². The van der Waals surface area contributed by atoms with Gasteiger partial charge in [-0.05, 0) is 19.5 Å². The van der Waals surface area contributed by atoms with Gasteiger partial charge < -0.3 is 15.2 Å². The highest BCUT2D eigenvalue weighted by atomic mass is 16.5. The lowest BCUT2D eigenvalue weighted by Gasteiger charge is -2.19. The molecule has 2 unspecified atom stereocenters. The van der Waals surface area contributed by atoms with Crippen molar-refractivity contribution < 1.29 is 9.84 Å². The Kier molecular flexibility index (Phi) is 6.01. The number of hydrogen-bond acceptors (Lipinski definition) is 3. The SMILES string of the molecule is CCC(NC)c1ccccc1OCC(C)CO. The van der Waals surface area contributed by atoms with Crippen LogP contribution in [0, 0.1) is 5.92 Å². The normalized spacial score (nSPS) is 14.4. The molecule has 0 amide bonds. The molecule has 0 aromatic heterocycles. The summed E-state index contributed by atoms with van der Waals surface area (Å²) in [5.74, 6) is 1.08. The predicted molar refractivity (Wildman–Crippen MR) is 70.3 cm³/mol. The molecule has 0 aliphatic carbocycles. The van der Waals surface area contributed by atoms with Crippen molar-refractivity contribution >= 4 is 0 Å². The number of aliphatic hydroxyl groups is 1. The largest absolute Gasteiger partial charge is 0.493 e. The molecular formula is C14H23NO2. The van der Waals surface area contributed by atoms with Crippen LogP contribution in [0.15, 0.2) is 24.3 Å². The quantitative estimate of drug-likeness (QED) is 0.765. The maximum Gasteiger partial charge on any atom is 0.124 e. The summed E-state index contributed by atoms with van der Waals surface area (Å²) >= 11 is 0. The lowest BCUT2D eigenvalue weighted by Crippen LogP contribution is -2.18. The molecule has 3 heteroatoms. The molecule has 96 valence electrons. The molecule has 0 fully saturated rings. The Morgan fingerprint density at radius 3 is 2.65 bits per heavy atom. The van der Waals surface area contributed by atoms with Gasteiger partial charge in [0.05, 0.1) is 6.61 Å². The van der Waals surface area contributed by atoms with E-state index in [0.29, 0.717) is 12.6 Å². The van der Waals surface area contributed by atoms with Crippen molar-refractivity contribution in [1.82, 2.24) is 5.32 Å². The van der Waals surface area contributed by atoms with Gasteiger partial charge >= 0.3 is 0 Å². The van der Waals surface area contributed by atoms with Crippen molar-refractivity contribution in [3.8, 4) is 5.75 Å². The van der Waals surface area contributed by atoms with Crippen LogP contribution in [-0.4, -0.2) is 25.4 Å². The Bertz CT molecular complexity index is 324. The molecule has 0 aliphatic rings. The van der Waals surface area contributed by atoms with E-state index in [1.165, 1.54) is 5.56 Å². The van der Waals surface area contributed by atoms with Gasteiger partial charge in [0.15, 0.2) is 0 Å². The molecule has 0 saturated heterocycles. The fourth-order valence-corrected chi connectivity index (χ4v) is 1.76. The third-order valence-electron chi connectivity index (χ3n) is 2.89. The smallest absolute Gasteiger partial charge is 0.124 e. The van der Waals surface area contributed by atoms with E-state index < -0.39 is 0 Å². The van der Waals surface area contributed by atoms with Gasteiger partial charge in [0.2, 0.25) is 0 Å². The van der Waals surface area contributed by atoms with E-state index in [9.17, 15) is 0 Å². The number of para-hydroxylation sites is 1. The summed E-state index contributed by atoms with van der Waals surface area (Å²) in [6, 6.07) is 8.39. The van der Waals surface area contributed by atoms with Gasteiger partial charge in [-0.2, -0.15) is 0 Å².